The van der Waals surface area contributed by atoms with Gasteiger partial charge in [-0.25, -0.2) is 15.8 Å². The second-order valence-electron chi connectivity index (χ2n) is 5.40. The largest absolute Gasteiger partial charge is 0.490 e. The number of hydrazine groups is 1. The molecule has 112 valence electrons. The van der Waals surface area contributed by atoms with Gasteiger partial charge >= 0.3 is 0 Å². The number of aromatic nitrogens is 2. The minimum Gasteiger partial charge on any atom is -0.490 e. The van der Waals surface area contributed by atoms with E-state index in [0.717, 1.165) is 38.5 Å². The number of hydrogen-bond acceptors (Lipinski definition) is 7. The Morgan fingerprint density at radius 2 is 2.00 bits per heavy atom. The molecule has 1 aromatic rings. The lowest BCUT2D eigenvalue weighted by atomic mass is 10.2. The average molecular weight is 280 g/mol. The smallest absolute Gasteiger partial charge is 0.205 e. The molecule has 1 aliphatic heterocycles. The van der Waals surface area contributed by atoms with Gasteiger partial charge < -0.3 is 15.1 Å². The van der Waals surface area contributed by atoms with E-state index in [1.54, 1.807) is 7.11 Å². The molecule has 3 N–H and O–H groups in total. The van der Waals surface area contributed by atoms with Gasteiger partial charge in [0.25, 0.3) is 0 Å². The molecule has 0 unspecified atom stereocenters. The molecule has 7 heteroatoms. The average Bonchev–Trinajstić information content (AvgIpc) is 2.46. The van der Waals surface area contributed by atoms with Gasteiger partial charge in [0, 0.05) is 32.7 Å². The van der Waals surface area contributed by atoms with Crippen LogP contribution in [0.15, 0.2) is 6.33 Å². The molecule has 7 nitrogen and oxygen atoms in total. The van der Waals surface area contributed by atoms with Crippen molar-refractivity contribution in [2.24, 2.45) is 11.8 Å². The molecule has 0 atom stereocenters. The quantitative estimate of drug-likeness (QED) is 0.602. The zero-order valence-electron chi connectivity index (χ0n) is 12.5. The van der Waals surface area contributed by atoms with E-state index >= 15 is 0 Å². The normalized spacial score (nSPS) is 16.6. The fourth-order valence-electron chi connectivity index (χ4n) is 2.54. The van der Waals surface area contributed by atoms with Crippen molar-refractivity contribution in [3.8, 4) is 5.75 Å². The van der Waals surface area contributed by atoms with Crippen molar-refractivity contribution in [2.45, 2.75) is 13.8 Å². The van der Waals surface area contributed by atoms with Crippen molar-refractivity contribution in [1.29, 1.82) is 0 Å². The fourth-order valence-corrected chi connectivity index (χ4v) is 2.54. The highest BCUT2D eigenvalue weighted by molar-refractivity contribution is 5.64. The van der Waals surface area contributed by atoms with Crippen LogP contribution in [0.5, 0.6) is 5.75 Å². The lowest BCUT2D eigenvalue weighted by Gasteiger charge is -2.36. The lowest BCUT2D eigenvalue weighted by molar-refractivity contribution is 0.230. The van der Waals surface area contributed by atoms with Crippen LogP contribution < -0.4 is 20.9 Å². The topological polar surface area (TPSA) is 79.5 Å². The maximum atomic E-state index is 5.45. The lowest BCUT2D eigenvalue weighted by Crippen LogP contribution is -2.47. The summed E-state index contributed by atoms with van der Waals surface area (Å²) in [5, 5.41) is 0. The first-order chi connectivity index (χ1) is 9.65. The third kappa shape index (κ3) is 3.29. The predicted molar refractivity (Wildman–Crippen MR) is 79.9 cm³/mol. The van der Waals surface area contributed by atoms with Gasteiger partial charge in [0.15, 0.2) is 11.6 Å². The van der Waals surface area contributed by atoms with Crippen molar-refractivity contribution >= 4 is 11.6 Å². The molecule has 0 radical (unpaired) electrons. The molecule has 0 spiro atoms. The molecule has 0 saturated carbocycles. The summed E-state index contributed by atoms with van der Waals surface area (Å²) in [6, 6.07) is 0. The van der Waals surface area contributed by atoms with Crippen LogP contribution in [-0.4, -0.2) is 54.7 Å². The number of ether oxygens (including phenoxy) is 1. The molecular weight excluding hydrogens is 256 g/mol. The van der Waals surface area contributed by atoms with Gasteiger partial charge in [-0.1, -0.05) is 13.8 Å². The number of nitrogens with zero attached hydrogens (tertiary/aromatic N) is 4. The third-order valence-electron chi connectivity index (χ3n) is 3.42. The molecule has 0 aromatic carbocycles. The highest BCUT2D eigenvalue weighted by atomic mass is 16.5. The molecule has 20 heavy (non-hydrogen) atoms. The fraction of sp³-hybridized carbons (Fsp3) is 0.692. The summed E-state index contributed by atoms with van der Waals surface area (Å²) in [4.78, 5) is 13.1. The summed E-state index contributed by atoms with van der Waals surface area (Å²) in [6.07, 6.45) is 1.51. The summed E-state index contributed by atoms with van der Waals surface area (Å²) in [5.74, 6) is 8.08. The number of anilines is 2. The second-order valence-corrected chi connectivity index (χ2v) is 5.40. The van der Waals surface area contributed by atoms with E-state index in [2.05, 4.69) is 39.0 Å². The standard InChI is InChI=1S/C13H24N6O/c1-10(2)8-18-4-6-19(7-5-18)13-11(20-3)12(17-14)15-9-16-13/h9-10H,4-8,14H2,1-3H3,(H,15,16,17). The Bertz CT molecular complexity index is 431. The number of nitrogens with one attached hydrogen (secondary N) is 1. The Balaban J connectivity index is 2.07. The van der Waals surface area contributed by atoms with E-state index in [1.807, 2.05) is 0 Å². The molecule has 1 fully saturated rings. The minimum atomic E-state index is 0.516. The van der Waals surface area contributed by atoms with Crippen LogP contribution in [0, 0.1) is 5.92 Å². The van der Waals surface area contributed by atoms with Gasteiger partial charge in [0.1, 0.15) is 6.33 Å². The maximum Gasteiger partial charge on any atom is 0.205 e. The number of nitrogens with two attached hydrogens (primary N) is 1. The van der Waals surface area contributed by atoms with Gasteiger partial charge in [-0.2, -0.15) is 0 Å². The van der Waals surface area contributed by atoms with Gasteiger partial charge in [0.2, 0.25) is 5.75 Å². The Morgan fingerprint density at radius 1 is 1.30 bits per heavy atom. The summed E-state index contributed by atoms with van der Waals surface area (Å²) in [6.45, 7) is 9.59. The molecule has 0 aliphatic carbocycles. The first kappa shape index (κ1) is 14.8. The zero-order valence-corrected chi connectivity index (χ0v) is 12.5. The monoisotopic (exact) mass is 280 g/mol. The second kappa shape index (κ2) is 6.71. The van der Waals surface area contributed by atoms with Crippen molar-refractivity contribution in [1.82, 2.24) is 14.9 Å². The summed E-state index contributed by atoms with van der Waals surface area (Å²) in [5.41, 5.74) is 2.55. The molecule has 1 aliphatic rings. The Labute approximate surface area is 120 Å². The number of methoxy groups -OCH3 is 1. The van der Waals surface area contributed by atoms with Crippen molar-refractivity contribution in [3.05, 3.63) is 6.33 Å². The number of piperazine rings is 1. The van der Waals surface area contributed by atoms with Crippen LogP contribution >= 0.6 is 0 Å². The highest BCUT2D eigenvalue weighted by Crippen LogP contribution is 2.31. The van der Waals surface area contributed by atoms with E-state index in [1.165, 1.54) is 6.33 Å². The highest BCUT2D eigenvalue weighted by Gasteiger charge is 2.22. The van der Waals surface area contributed by atoms with Gasteiger partial charge in [0.05, 0.1) is 7.11 Å². The molecule has 0 bridgehead atoms. The van der Waals surface area contributed by atoms with Crippen molar-refractivity contribution < 1.29 is 4.74 Å². The van der Waals surface area contributed by atoms with Crippen LogP contribution in [0.2, 0.25) is 0 Å². The van der Waals surface area contributed by atoms with Crippen LogP contribution in [0.25, 0.3) is 0 Å². The molecule has 0 amide bonds. The first-order valence-electron chi connectivity index (χ1n) is 6.98. The van der Waals surface area contributed by atoms with Crippen LogP contribution in [0.1, 0.15) is 13.8 Å². The number of nitrogen functional groups attached to an aromatic ring is 1. The molecule has 2 rings (SSSR count). The van der Waals surface area contributed by atoms with Gasteiger partial charge in [-0.05, 0) is 5.92 Å². The van der Waals surface area contributed by atoms with Crippen LogP contribution in [0.4, 0.5) is 11.6 Å². The van der Waals surface area contributed by atoms with E-state index in [4.69, 9.17) is 10.6 Å². The molecule has 1 saturated heterocycles. The van der Waals surface area contributed by atoms with Gasteiger partial charge in [-0.15, -0.1) is 0 Å². The first-order valence-corrected chi connectivity index (χ1v) is 6.98. The Morgan fingerprint density at radius 3 is 2.55 bits per heavy atom. The summed E-state index contributed by atoms with van der Waals surface area (Å²) >= 11 is 0. The maximum absolute atomic E-state index is 5.45. The van der Waals surface area contributed by atoms with E-state index < -0.39 is 0 Å². The van der Waals surface area contributed by atoms with E-state index in [0.29, 0.717) is 17.5 Å². The number of hydrogen-bond donors (Lipinski definition) is 2. The third-order valence-corrected chi connectivity index (χ3v) is 3.42. The SMILES string of the molecule is COc1c(NN)ncnc1N1CCN(CC(C)C)CC1. The minimum absolute atomic E-state index is 0.516. The Kier molecular flexibility index (Phi) is 4.97. The zero-order chi connectivity index (χ0) is 14.5. The van der Waals surface area contributed by atoms with Crippen LogP contribution in [0.3, 0.4) is 0 Å². The Hall–Kier alpha value is -1.60. The molecular formula is C13H24N6O. The summed E-state index contributed by atoms with van der Waals surface area (Å²) in [7, 11) is 1.61. The molecule has 2 heterocycles. The number of rotatable bonds is 5. The van der Waals surface area contributed by atoms with E-state index in [-0.39, 0.29) is 0 Å². The van der Waals surface area contributed by atoms with Gasteiger partial charge in [-0.3, -0.25) is 4.90 Å². The molecule has 1 aromatic heterocycles. The van der Waals surface area contributed by atoms with Crippen molar-refractivity contribution in [3.63, 3.8) is 0 Å². The van der Waals surface area contributed by atoms with Crippen LogP contribution in [-0.2, 0) is 0 Å². The summed E-state index contributed by atoms with van der Waals surface area (Å²) < 4.78 is 5.39. The predicted octanol–water partition coefficient (Wildman–Crippen LogP) is 0.549. The van der Waals surface area contributed by atoms with E-state index in [9.17, 15) is 0 Å². The van der Waals surface area contributed by atoms with Crippen molar-refractivity contribution in [2.75, 3.05) is 50.2 Å².